The van der Waals surface area contributed by atoms with Crippen molar-refractivity contribution in [3.8, 4) is 0 Å². The number of aryl methyl sites for hydroxylation is 1. The maximum atomic E-state index is 4.54. The SMILES string of the molecule is c1cc2c(c(Nc3ccc4[nH]ccc4c3)n1)CCCC2. The van der Waals surface area contributed by atoms with Crippen LogP contribution in [0.1, 0.15) is 24.0 Å². The minimum atomic E-state index is 1.03. The van der Waals surface area contributed by atoms with Gasteiger partial charge < -0.3 is 10.3 Å². The number of nitrogens with one attached hydrogen (secondary N) is 2. The van der Waals surface area contributed by atoms with E-state index in [1.54, 1.807) is 0 Å². The summed E-state index contributed by atoms with van der Waals surface area (Å²) >= 11 is 0. The molecule has 0 saturated heterocycles. The van der Waals surface area contributed by atoms with Crippen molar-refractivity contribution in [1.29, 1.82) is 0 Å². The van der Waals surface area contributed by atoms with Gasteiger partial charge in [0.2, 0.25) is 0 Å². The van der Waals surface area contributed by atoms with Crippen molar-refractivity contribution in [2.45, 2.75) is 25.7 Å². The van der Waals surface area contributed by atoms with Crippen LogP contribution in [-0.4, -0.2) is 9.97 Å². The fraction of sp³-hybridized carbons (Fsp3) is 0.235. The van der Waals surface area contributed by atoms with Crippen LogP contribution < -0.4 is 5.32 Å². The third kappa shape index (κ3) is 1.95. The molecule has 1 aromatic carbocycles. The zero-order chi connectivity index (χ0) is 13.4. The van der Waals surface area contributed by atoms with Gasteiger partial charge in [0, 0.05) is 29.0 Å². The summed E-state index contributed by atoms with van der Waals surface area (Å²) in [5, 5.41) is 4.71. The van der Waals surface area contributed by atoms with Gasteiger partial charge in [0.25, 0.3) is 0 Å². The second-order valence-corrected chi connectivity index (χ2v) is 5.41. The maximum absolute atomic E-state index is 4.54. The molecule has 2 heterocycles. The van der Waals surface area contributed by atoms with Gasteiger partial charge in [0.05, 0.1) is 0 Å². The molecule has 0 aliphatic heterocycles. The number of hydrogen-bond acceptors (Lipinski definition) is 2. The summed E-state index contributed by atoms with van der Waals surface area (Å²) < 4.78 is 0. The van der Waals surface area contributed by atoms with Crippen LogP contribution in [0.5, 0.6) is 0 Å². The maximum Gasteiger partial charge on any atom is 0.133 e. The number of benzene rings is 1. The van der Waals surface area contributed by atoms with Crippen molar-refractivity contribution in [2.75, 3.05) is 5.32 Å². The van der Waals surface area contributed by atoms with Gasteiger partial charge in [-0.05, 0) is 67.1 Å². The number of fused-ring (bicyclic) bond motifs is 2. The minimum Gasteiger partial charge on any atom is -0.361 e. The van der Waals surface area contributed by atoms with Gasteiger partial charge in [-0.1, -0.05) is 0 Å². The molecule has 1 aliphatic carbocycles. The van der Waals surface area contributed by atoms with Crippen LogP contribution in [0.3, 0.4) is 0 Å². The first kappa shape index (κ1) is 11.5. The van der Waals surface area contributed by atoms with Crippen LogP contribution in [0.4, 0.5) is 11.5 Å². The molecule has 0 bridgehead atoms. The summed E-state index contributed by atoms with van der Waals surface area (Å²) in [7, 11) is 0. The molecule has 3 heteroatoms. The second-order valence-electron chi connectivity index (χ2n) is 5.41. The third-order valence-corrected chi connectivity index (χ3v) is 4.09. The van der Waals surface area contributed by atoms with E-state index in [0.29, 0.717) is 0 Å². The van der Waals surface area contributed by atoms with Crippen molar-refractivity contribution < 1.29 is 0 Å². The van der Waals surface area contributed by atoms with Crippen molar-refractivity contribution >= 4 is 22.4 Å². The third-order valence-electron chi connectivity index (χ3n) is 4.09. The van der Waals surface area contributed by atoms with E-state index >= 15 is 0 Å². The molecular weight excluding hydrogens is 246 g/mol. The van der Waals surface area contributed by atoms with E-state index in [-0.39, 0.29) is 0 Å². The molecule has 20 heavy (non-hydrogen) atoms. The lowest BCUT2D eigenvalue weighted by Crippen LogP contribution is -2.07. The normalized spacial score (nSPS) is 14.2. The van der Waals surface area contributed by atoms with Crippen LogP contribution >= 0.6 is 0 Å². The lowest BCUT2D eigenvalue weighted by atomic mass is 9.92. The van der Waals surface area contributed by atoms with Gasteiger partial charge in [0.1, 0.15) is 5.82 Å². The standard InChI is InChI=1S/C17H17N3/c1-2-4-15-12(3-1)7-10-19-17(15)20-14-5-6-16-13(11-14)8-9-18-16/h5-11,18H,1-4H2,(H,19,20). The van der Waals surface area contributed by atoms with Crippen molar-refractivity contribution in [3.63, 3.8) is 0 Å². The topological polar surface area (TPSA) is 40.7 Å². The highest BCUT2D eigenvalue weighted by atomic mass is 15.0. The Balaban J connectivity index is 1.71. The molecule has 0 saturated carbocycles. The summed E-state index contributed by atoms with van der Waals surface area (Å²) in [4.78, 5) is 7.75. The fourth-order valence-electron chi connectivity index (χ4n) is 3.04. The molecule has 0 fully saturated rings. The summed E-state index contributed by atoms with van der Waals surface area (Å²) in [6.45, 7) is 0. The van der Waals surface area contributed by atoms with E-state index in [1.807, 2.05) is 12.4 Å². The molecule has 3 nitrogen and oxygen atoms in total. The van der Waals surface area contributed by atoms with Gasteiger partial charge in [-0.2, -0.15) is 0 Å². The predicted octanol–water partition coefficient (Wildman–Crippen LogP) is 4.19. The van der Waals surface area contributed by atoms with Crippen LogP contribution in [0, 0.1) is 0 Å². The average molecular weight is 263 g/mol. The number of hydrogen-bond donors (Lipinski definition) is 2. The Kier molecular flexibility index (Phi) is 2.69. The first-order valence-electron chi connectivity index (χ1n) is 7.21. The number of rotatable bonds is 2. The quantitative estimate of drug-likeness (QED) is 0.728. The van der Waals surface area contributed by atoms with E-state index in [0.717, 1.165) is 17.9 Å². The largest absolute Gasteiger partial charge is 0.361 e. The van der Waals surface area contributed by atoms with Gasteiger partial charge in [0.15, 0.2) is 0 Å². The lowest BCUT2D eigenvalue weighted by Gasteiger charge is -2.19. The predicted molar refractivity (Wildman–Crippen MR) is 82.5 cm³/mol. The number of pyridine rings is 1. The van der Waals surface area contributed by atoms with E-state index in [9.17, 15) is 0 Å². The zero-order valence-electron chi connectivity index (χ0n) is 11.3. The van der Waals surface area contributed by atoms with Crippen LogP contribution in [0.15, 0.2) is 42.7 Å². The van der Waals surface area contributed by atoms with Gasteiger partial charge in [-0.15, -0.1) is 0 Å². The summed E-state index contributed by atoms with van der Waals surface area (Å²) in [5.41, 5.74) is 5.12. The summed E-state index contributed by atoms with van der Waals surface area (Å²) in [6, 6.07) is 10.6. The molecule has 0 spiro atoms. The molecule has 1 aliphatic rings. The molecule has 0 unspecified atom stereocenters. The smallest absolute Gasteiger partial charge is 0.133 e. The van der Waals surface area contributed by atoms with E-state index < -0.39 is 0 Å². The fourth-order valence-corrected chi connectivity index (χ4v) is 3.04. The first-order valence-corrected chi connectivity index (χ1v) is 7.21. The van der Waals surface area contributed by atoms with Crippen LogP contribution in [0.25, 0.3) is 10.9 Å². The highest BCUT2D eigenvalue weighted by Gasteiger charge is 2.14. The molecule has 100 valence electrons. The van der Waals surface area contributed by atoms with E-state index in [1.165, 1.54) is 41.3 Å². The van der Waals surface area contributed by atoms with E-state index in [2.05, 4.69) is 45.6 Å². The number of aromatic nitrogens is 2. The highest BCUT2D eigenvalue weighted by molar-refractivity contribution is 5.84. The van der Waals surface area contributed by atoms with Gasteiger partial charge in [-0.3, -0.25) is 0 Å². The Hall–Kier alpha value is -2.29. The minimum absolute atomic E-state index is 1.03. The zero-order valence-corrected chi connectivity index (χ0v) is 11.3. The Morgan fingerprint density at radius 3 is 3.00 bits per heavy atom. The Morgan fingerprint density at radius 1 is 1.05 bits per heavy atom. The number of anilines is 2. The highest BCUT2D eigenvalue weighted by Crippen LogP contribution is 2.29. The number of H-pyrrole nitrogens is 1. The molecule has 3 aromatic rings. The Morgan fingerprint density at radius 2 is 2.00 bits per heavy atom. The van der Waals surface area contributed by atoms with Crippen LogP contribution in [0.2, 0.25) is 0 Å². The Bertz CT molecular complexity index is 758. The molecule has 0 radical (unpaired) electrons. The second kappa shape index (κ2) is 4.67. The molecule has 0 atom stereocenters. The average Bonchev–Trinajstić information content (AvgIpc) is 2.95. The van der Waals surface area contributed by atoms with Gasteiger partial charge in [-0.25, -0.2) is 4.98 Å². The van der Waals surface area contributed by atoms with Crippen molar-refractivity contribution in [1.82, 2.24) is 9.97 Å². The van der Waals surface area contributed by atoms with E-state index in [4.69, 9.17) is 0 Å². The summed E-state index contributed by atoms with van der Waals surface area (Å²) in [6.07, 6.45) is 8.77. The molecule has 2 N–H and O–H groups in total. The molecular formula is C17H17N3. The number of aromatic amines is 1. The Labute approximate surface area is 118 Å². The van der Waals surface area contributed by atoms with Crippen molar-refractivity contribution in [2.24, 2.45) is 0 Å². The molecule has 2 aromatic heterocycles. The molecule has 4 rings (SSSR count). The van der Waals surface area contributed by atoms with Crippen LogP contribution in [-0.2, 0) is 12.8 Å². The summed E-state index contributed by atoms with van der Waals surface area (Å²) in [5.74, 6) is 1.03. The molecule has 0 amide bonds. The van der Waals surface area contributed by atoms with Gasteiger partial charge >= 0.3 is 0 Å². The lowest BCUT2D eigenvalue weighted by molar-refractivity contribution is 0.684. The van der Waals surface area contributed by atoms with Crippen molar-refractivity contribution in [3.05, 3.63) is 53.9 Å². The number of nitrogens with zero attached hydrogens (tertiary/aromatic N) is 1. The monoisotopic (exact) mass is 263 g/mol. The first-order chi connectivity index (χ1) is 9.90.